The molecule has 0 unspecified atom stereocenters. The Kier molecular flexibility index (Phi) is 17.5. The second-order valence-electron chi connectivity index (χ2n) is 10.8. The number of aliphatic hydroxyl groups is 1. The number of carbonyl (C=O) groups excluding carboxylic acids is 3. The molecule has 0 rings (SSSR count). The molecule has 0 saturated carbocycles. The third-order valence-electron chi connectivity index (χ3n) is 5.82. The van der Waals surface area contributed by atoms with Crippen molar-refractivity contribution in [3.63, 3.8) is 0 Å². The molecular formula is C26H48BN5O6. The van der Waals surface area contributed by atoms with Crippen molar-refractivity contribution < 1.29 is 29.5 Å². The molecule has 0 aromatic rings. The van der Waals surface area contributed by atoms with Gasteiger partial charge in [0.25, 0.3) is 5.91 Å². The number of amides is 3. The van der Waals surface area contributed by atoms with Gasteiger partial charge in [-0.15, -0.1) is 0 Å². The van der Waals surface area contributed by atoms with Gasteiger partial charge in [0.1, 0.15) is 11.6 Å². The average molecular weight is 538 g/mol. The molecule has 0 fully saturated rings. The lowest BCUT2D eigenvalue weighted by molar-refractivity contribution is -0.125. The van der Waals surface area contributed by atoms with Gasteiger partial charge < -0.3 is 36.4 Å². The number of unbranched alkanes of at least 4 members (excludes halogenated alkanes) is 1. The number of allylic oxidation sites excluding steroid dienone is 1. The molecule has 216 valence electrons. The van der Waals surface area contributed by atoms with Crippen LogP contribution >= 0.6 is 0 Å². The molecule has 12 heteroatoms. The number of nitriles is 1. The third-order valence-corrected chi connectivity index (χ3v) is 5.82. The minimum atomic E-state index is -1.72. The quantitative estimate of drug-likeness (QED) is 0.0567. The van der Waals surface area contributed by atoms with Gasteiger partial charge >= 0.3 is 7.12 Å². The molecule has 0 radical (unpaired) electrons. The first-order valence-electron chi connectivity index (χ1n) is 13.5. The van der Waals surface area contributed by atoms with Crippen LogP contribution in [0, 0.1) is 29.1 Å². The lowest BCUT2D eigenvalue weighted by Gasteiger charge is -2.27. The predicted octanol–water partition coefficient (Wildman–Crippen LogP) is 0.402. The summed E-state index contributed by atoms with van der Waals surface area (Å²) in [5.41, 5.74) is 0.0605. The van der Waals surface area contributed by atoms with E-state index in [1.165, 1.54) is 0 Å². The molecule has 0 bridgehead atoms. The zero-order chi connectivity index (χ0) is 29.4. The topological polar surface area (TPSA) is 184 Å². The van der Waals surface area contributed by atoms with Crippen molar-refractivity contribution in [1.29, 1.82) is 5.26 Å². The second-order valence-corrected chi connectivity index (χ2v) is 10.8. The highest BCUT2D eigenvalue weighted by Crippen LogP contribution is 2.09. The van der Waals surface area contributed by atoms with Crippen LogP contribution in [0.25, 0.3) is 0 Å². The van der Waals surface area contributed by atoms with Crippen LogP contribution in [-0.4, -0.2) is 77.2 Å². The molecule has 0 heterocycles. The van der Waals surface area contributed by atoms with Gasteiger partial charge in [0.2, 0.25) is 11.8 Å². The normalized spacial score (nSPS) is 15.0. The molecule has 0 saturated heterocycles. The van der Waals surface area contributed by atoms with E-state index in [0.717, 1.165) is 0 Å². The van der Waals surface area contributed by atoms with E-state index in [9.17, 15) is 29.5 Å². The molecule has 3 amide bonds. The van der Waals surface area contributed by atoms with Crippen molar-refractivity contribution in [1.82, 2.24) is 21.3 Å². The summed E-state index contributed by atoms with van der Waals surface area (Å²) >= 11 is 0. The summed E-state index contributed by atoms with van der Waals surface area (Å²) < 4.78 is 0. The van der Waals surface area contributed by atoms with Crippen molar-refractivity contribution >= 4 is 24.8 Å². The SMILES string of the molecule is CC(C)C=C(C#N)C(=O)NCCCC[C@H](NC[C@H](NC(=O)C(C)C)[C@@H](C)O)C(=O)N[C@@H](CC(C)C)B(O)O. The first kappa shape index (κ1) is 35.5. The van der Waals surface area contributed by atoms with Gasteiger partial charge in [0, 0.05) is 19.0 Å². The average Bonchev–Trinajstić information content (AvgIpc) is 2.81. The van der Waals surface area contributed by atoms with E-state index in [1.807, 2.05) is 33.8 Å². The molecule has 0 aromatic carbocycles. The molecule has 7 N–H and O–H groups in total. The lowest BCUT2D eigenvalue weighted by atomic mass is 9.75. The van der Waals surface area contributed by atoms with Crippen LogP contribution in [0.1, 0.15) is 74.1 Å². The standard InChI is InChI=1S/C26H48BN5O6/c1-16(2)12-20(14-28)25(35)29-11-9-8-10-21(26(36)32-23(27(37)38)13-17(3)4)30-15-22(19(7)33)31-24(34)18(5)6/h12,16-19,21-23,30,33,37-38H,8-11,13,15H2,1-7H3,(H,29,35)(H,31,34)(H,32,36)/t19-,21+,22+,23+/m1/s1. The summed E-state index contributed by atoms with van der Waals surface area (Å²) in [6, 6.07) is 0.523. The monoisotopic (exact) mass is 537 g/mol. The maximum absolute atomic E-state index is 13.1. The number of hydrogen-bond donors (Lipinski definition) is 7. The van der Waals surface area contributed by atoms with E-state index in [-0.39, 0.29) is 35.8 Å². The fraction of sp³-hybridized carbons (Fsp3) is 0.769. The zero-order valence-corrected chi connectivity index (χ0v) is 24.0. The Labute approximate surface area is 228 Å². The number of nitrogens with one attached hydrogen (secondary N) is 4. The summed E-state index contributed by atoms with van der Waals surface area (Å²) in [7, 11) is -1.72. The molecule has 0 aliphatic rings. The van der Waals surface area contributed by atoms with Gasteiger partial charge in [-0.25, -0.2) is 0 Å². The van der Waals surface area contributed by atoms with Crippen LogP contribution in [0.2, 0.25) is 0 Å². The van der Waals surface area contributed by atoms with Gasteiger partial charge in [-0.3, -0.25) is 14.4 Å². The minimum absolute atomic E-state index is 0.0605. The number of rotatable bonds is 18. The van der Waals surface area contributed by atoms with E-state index in [4.69, 9.17) is 5.26 Å². The molecule has 11 nitrogen and oxygen atoms in total. The predicted molar refractivity (Wildman–Crippen MR) is 147 cm³/mol. The Morgan fingerprint density at radius 2 is 1.61 bits per heavy atom. The van der Waals surface area contributed by atoms with E-state index >= 15 is 0 Å². The first-order chi connectivity index (χ1) is 17.7. The maximum atomic E-state index is 13.1. The van der Waals surface area contributed by atoms with Crippen LogP contribution in [0.3, 0.4) is 0 Å². The Bertz CT molecular complexity index is 810. The summed E-state index contributed by atoms with van der Waals surface area (Å²) in [6.07, 6.45) is 2.53. The van der Waals surface area contributed by atoms with Crippen LogP contribution < -0.4 is 21.3 Å². The molecule has 4 atom stereocenters. The number of aliphatic hydroxyl groups excluding tert-OH is 1. The van der Waals surface area contributed by atoms with Crippen molar-refractivity contribution in [2.75, 3.05) is 13.1 Å². The van der Waals surface area contributed by atoms with Crippen LogP contribution in [-0.2, 0) is 14.4 Å². The molecule has 38 heavy (non-hydrogen) atoms. The Hall–Kier alpha value is -2.46. The number of carbonyl (C=O) groups is 3. The summed E-state index contributed by atoms with van der Waals surface area (Å²) in [5.74, 6) is -2.04. The molecular weight excluding hydrogens is 489 g/mol. The Morgan fingerprint density at radius 3 is 2.08 bits per heavy atom. The van der Waals surface area contributed by atoms with Gasteiger partial charge in [0.05, 0.1) is 24.1 Å². The fourth-order valence-electron chi connectivity index (χ4n) is 3.60. The highest BCUT2D eigenvalue weighted by Gasteiger charge is 2.30. The fourth-order valence-corrected chi connectivity index (χ4v) is 3.60. The van der Waals surface area contributed by atoms with Crippen molar-refractivity contribution in [2.45, 2.75) is 98.3 Å². The number of hydrogen-bond acceptors (Lipinski definition) is 8. The van der Waals surface area contributed by atoms with E-state index in [2.05, 4.69) is 21.3 Å². The summed E-state index contributed by atoms with van der Waals surface area (Å²) in [4.78, 5) is 37.4. The largest absolute Gasteiger partial charge is 0.475 e. The first-order valence-corrected chi connectivity index (χ1v) is 13.5. The molecule has 0 aliphatic carbocycles. The Morgan fingerprint density at radius 1 is 0.974 bits per heavy atom. The summed E-state index contributed by atoms with van der Waals surface area (Å²) in [5, 5.41) is 50.0. The second kappa shape index (κ2) is 18.7. The van der Waals surface area contributed by atoms with Crippen molar-refractivity contribution in [3.05, 3.63) is 11.6 Å². The van der Waals surface area contributed by atoms with E-state index < -0.39 is 43.1 Å². The zero-order valence-electron chi connectivity index (χ0n) is 24.0. The van der Waals surface area contributed by atoms with Crippen molar-refractivity contribution in [2.24, 2.45) is 17.8 Å². The Balaban J connectivity index is 5.27. The third kappa shape index (κ3) is 15.1. The molecule has 0 aromatic heterocycles. The minimum Gasteiger partial charge on any atom is -0.426 e. The van der Waals surface area contributed by atoms with Gasteiger partial charge in [-0.1, -0.05) is 47.6 Å². The van der Waals surface area contributed by atoms with Gasteiger partial charge in [0.15, 0.2) is 0 Å². The highest BCUT2D eigenvalue weighted by molar-refractivity contribution is 6.43. The van der Waals surface area contributed by atoms with Gasteiger partial charge in [-0.05, 0) is 44.4 Å². The maximum Gasteiger partial charge on any atom is 0.475 e. The van der Waals surface area contributed by atoms with Crippen LogP contribution in [0.5, 0.6) is 0 Å². The molecule has 0 aliphatic heterocycles. The highest BCUT2D eigenvalue weighted by atomic mass is 16.4. The molecule has 0 spiro atoms. The van der Waals surface area contributed by atoms with E-state index in [1.54, 1.807) is 26.8 Å². The van der Waals surface area contributed by atoms with Crippen LogP contribution in [0.15, 0.2) is 11.6 Å². The van der Waals surface area contributed by atoms with Crippen molar-refractivity contribution in [3.8, 4) is 6.07 Å². The van der Waals surface area contributed by atoms with E-state index in [0.29, 0.717) is 32.2 Å². The lowest BCUT2D eigenvalue weighted by Crippen LogP contribution is -2.56. The number of nitrogens with zero attached hydrogens (tertiary/aromatic N) is 1. The summed E-state index contributed by atoms with van der Waals surface area (Å²) in [6.45, 7) is 13.0. The smallest absolute Gasteiger partial charge is 0.426 e. The van der Waals surface area contributed by atoms with Gasteiger partial charge in [-0.2, -0.15) is 5.26 Å². The van der Waals surface area contributed by atoms with Crippen LogP contribution in [0.4, 0.5) is 0 Å².